The molecule has 21 heavy (non-hydrogen) atoms. The zero-order chi connectivity index (χ0) is 15.5. The van der Waals surface area contributed by atoms with Gasteiger partial charge in [0, 0.05) is 31.4 Å². The molecule has 1 aromatic carbocycles. The number of hydrogen-bond acceptors (Lipinski definition) is 3. The smallest absolute Gasteiger partial charge is 0.396 e. The number of alkyl halides is 3. The van der Waals surface area contributed by atoms with Gasteiger partial charge in [-0.1, -0.05) is 6.07 Å². The molecule has 6 heteroatoms. The maximum Gasteiger partial charge on any atom is 0.418 e. The molecule has 0 amide bonds. The summed E-state index contributed by atoms with van der Waals surface area (Å²) in [4.78, 5) is 1.79. The molecule has 3 N–H and O–H groups in total. The van der Waals surface area contributed by atoms with Crippen LogP contribution in [0, 0.1) is 0 Å². The number of benzene rings is 1. The van der Waals surface area contributed by atoms with Gasteiger partial charge in [0.2, 0.25) is 0 Å². The number of aliphatic hydroxyl groups excluding tert-OH is 1. The Morgan fingerprint density at radius 2 is 2.00 bits per heavy atom. The monoisotopic (exact) mass is 302 g/mol. The van der Waals surface area contributed by atoms with Crippen molar-refractivity contribution in [1.82, 2.24) is 0 Å². The summed E-state index contributed by atoms with van der Waals surface area (Å²) in [5.41, 5.74) is 5.50. The molecular formula is C15H21F3N2O. The fourth-order valence-electron chi connectivity index (χ4n) is 2.63. The van der Waals surface area contributed by atoms with Crippen molar-refractivity contribution in [3.8, 4) is 0 Å². The minimum Gasteiger partial charge on any atom is -0.396 e. The van der Waals surface area contributed by atoms with Gasteiger partial charge in [0.05, 0.1) is 5.56 Å². The summed E-state index contributed by atoms with van der Waals surface area (Å²) in [5.74, 6) is 0. The van der Waals surface area contributed by atoms with Crippen LogP contribution in [0.4, 0.5) is 18.9 Å². The van der Waals surface area contributed by atoms with E-state index in [4.69, 9.17) is 10.8 Å². The Hall–Kier alpha value is -1.27. The number of nitrogens with zero attached hydrogens (tertiary/aromatic N) is 1. The Morgan fingerprint density at radius 1 is 1.29 bits per heavy atom. The predicted octanol–water partition coefficient (Wildman–Crippen LogP) is 2.91. The van der Waals surface area contributed by atoms with Crippen LogP contribution in [0.3, 0.4) is 0 Å². The van der Waals surface area contributed by atoms with Gasteiger partial charge in [-0.2, -0.15) is 13.2 Å². The lowest BCUT2D eigenvalue weighted by Crippen LogP contribution is -2.42. The number of nitrogens with two attached hydrogens (primary N) is 1. The molecule has 2 rings (SSSR count). The Balaban J connectivity index is 2.38. The SMILES string of the molecule is NCc1ccc(N(CCCO)C2CCC2)c(C(F)(F)F)c1. The van der Waals surface area contributed by atoms with E-state index in [2.05, 4.69) is 0 Å². The Labute approximate surface area is 122 Å². The van der Waals surface area contributed by atoms with Crippen molar-refractivity contribution in [3.05, 3.63) is 29.3 Å². The maximum atomic E-state index is 13.3. The van der Waals surface area contributed by atoms with E-state index in [1.165, 1.54) is 6.07 Å². The Bertz CT molecular complexity index is 472. The van der Waals surface area contributed by atoms with Gasteiger partial charge in [0.25, 0.3) is 0 Å². The van der Waals surface area contributed by atoms with E-state index < -0.39 is 11.7 Å². The summed E-state index contributed by atoms with van der Waals surface area (Å²) in [6.07, 6.45) is -1.08. The average Bonchev–Trinajstić information content (AvgIpc) is 2.39. The minimum absolute atomic E-state index is 0.0224. The quantitative estimate of drug-likeness (QED) is 0.849. The predicted molar refractivity (Wildman–Crippen MR) is 76.0 cm³/mol. The van der Waals surface area contributed by atoms with Gasteiger partial charge in [-0.05, 0) is 43.4 Å². The minimum atomic E-state index is -4.40. The van der Waals surface area contributed by atoms with Crippen molar-refractivity contribution >= 4 is 5.69 Å². The highest BCUT2D eigenvalue weighted by Gasteiger charge is 2.37. The van der Waals surface area contributed by atoms with Crippen molar-refractivity contribution in [2.24, 2.45) is 5.73 Å². The molecular weight excluding hydrogens is 281 g/mol. The molecule has 0 bridgehead atoms. The van der Waals surface area contributed by atoms with Crippen LogP contribution in [0.5, 0.6) is 0 Å². The van der Waals surface area contributed by atoms with Crippen LogP contribution in [-0.2, 0) is 12.7 Å². The van der Waals surface area contributed by atoms with E-state index in [1.807, 2.05) is 0 Å². The normalized spacial score (nSPS) is 15.9. The van der Waals surface area contributed by atoms with Crippen LogP contribution >= 0.6 is 0 Å². The molecule has 0 heterocycles. The van der Waals surface area contributed by atoms with E-state index in [0.29, 0.717) is 18.5 Å². The third-order valence-corrected chi connectivity index (χ3v) is 3.98. The second-order valence-corrected chi connectivity index (χ2v) is 5.41. The number of aliphatic hydroxyl groups is 1. The highest BCUT2D eigenvalue weighted by molar-refractivity contribution is 5.57. The van der Waals surface area contributed by atoms with E-state index in [-0.39, 0.29) is 24.9 Å². The zero-order valence-corrected chi connectivity index (χ0v) is 11.9. The highest BCUT2D eigenvalue weighted by atomic mass is 19.4. The van der Waals surface area contributed by atoms with E-state index in [0.717, 1.165) is 25.3 Å². The molecule has 0 atom stereocenters. The largest absolute Gasteiger partial charge is 0.418 e. The van der Waals surface area contributed by atoms with Gasteiger partial charge in [0.15, 0.2) is 0 Å². The molecule has 0 saturated heterocycles. The summed E-state index contributed by atoms with van der Waals surface area (Å²) in [6.45, 7) is 0.501. The Morgan fingerprint density at radius 3 is 2.48 bits per heavy atom. The van der Waals surface area contributed by atoms with Crippen LogP contribution in [0.2, 0.25) is 0 Å². The topological polar surface area (TPSA) is 49.5 Å². The van der Waals surface area contributed by atoms with Gasteiger partial charge >= 0.3 is 6.18 Å². The lowest BCUT2D eigenvalue weighted by atomic mass is 9.90. The standard InChI is InChI=1S/C15H21F3N2O/c16-15(17,18)13-9-11(10-19)5-6-14(13)20(7-2-8-21)12-3-1-4-12/h5-6,9,12,21H,1-4,7-8,10,19H2. The van der Waals surface area contributed by atoms with Gasteiger partial charge in [-0.15, -0.1) is 0 Å². The molecule has 0 radical (unpaired) electrons. The number of hydrogen-bond donors (Lipinski definition) is 2. The second-order valence-electron chi connectivity index (χ2n) is 5.41. The molecule has 1 aromatic rings. The third-order valence-electron chi connectivity index (χ3n) is 3.98. The lowest BCUT2D eigenvalue weighted by molar-refractivity contribution is -0.137. The average molecular weight is 302 g/mol. The van der Waals surface area contributed by atoms with Crippen molar-refractivity contribution in [3.63, 3.8) is 0 Å². The van der Waals surface area contributed by atoms with E-state index in [1.54, 1.807) is 11.0 Å². The van der Waals surface area contributed by atoms with Crippen LogP contribution in [0.1, 0.15) is 36.8 Å². The van der Waals surface area contributed by atoms with Crippen molar-refractivity contribution in [2.75, 3.05) is 18.1 Å². The molecule has 118 valence electrons. The number of rotatable bonds is 6. The van der Waals surface area contributed by atoms with E-state index in [9.17, 15) is 13.2 Å². The van der Waals surface area contributed by atoms with Crippen LogP contribution in [0.25, 0.3) is 0 Å². The van der Waals surface area contributed by atoms with Gasteiger partial charge in [-0.3, -0.25) is 0 Å². The fraction of sp³-hybridized carbons (Fsp3) is 0.600. The van der Waals surface area contributed by atoms with Crippen LogP contribution in [-0.4, -0.2) is 24.3 Å². The highest BCUT2D eigenvalue weighted by Crippen LogP contribution is 2.40. The van der Waals surface area contributed by atoms with Crippen LogP contribution < -0.4 is 10.6 Å². The molecule has 0 spiro atoms. The van der Waals surface area contributed by atoms with Crippen LogP contribution in [0.15, 0.2) is 18.2 Å². The first kappa shape index (κ1) is 16.1. The molecule has 1 fully saturated rings. The summed E-state index contributed by atoms with van der Waals surface area (Å²) in [5, 5.41) is 8.98. The van der Waals surface area contributed by atoms with E-state index >= 15 is 0 Å². The summed E-state index contributed by atoms with van der Waals surface area (Å²) in [7, 11) is 0. The summed E-state index contributed by atoms with van der Waals surface area (Å²) in [6, 6.07) is 4.44. The first-order valence-corrected chi connectivity index (χ1v) is 7.25. The lowest BCUT2D eigenvalue weighted by Gasteiger charge is -2.40. The molecule has 3 nitrogen and oxygen atoms in total. The Kier molecular flexibility index (Phi) is 5.11. The maximum absolute atomic E-state index is 13.3. The first-order chi connectivity index (χ1) is 9.97. The number of anilines is 1. The van der Waals surface area contributed by atoms with Crippen molar-refractivity contribution < 1.29 is 18.3 Å². The summed E-state index contributed by atoms with van der Waals surface area (Å²) < 4.78 is 39.9. The summed E-state index contributed by atoms with van der Waals surface area (Å²) >= 11 is 0. The molecule has 0 aromatic heterocycles. The van der Waals surface area contributed by atoms with Gasteiger partial charge in [-0.25, -0.2) is 0 Å². The molecule has 1 saturated carbocycles. The van der Waals surface area contributed by atoms with Gasteiger partial charge in [0.1, 0.15) is 0 Å². The number of halogens is 3. The first-order valence-electron chi connectivity index (χ1n) is 7.25. The van der Waals surface area contributed by atoms with Crippen molar-refractivity contribution in [1.29, 1.82) is 0 Å². The molecule has 1 aliphatic carbocycles. The molecule has 1 aliphatic rings. The van der Waals surface area contributed by atoms with Gasteiger partial charge < -0.3 is 15.7 Å². The fourth-order valence-corrected chi connectivity index (χ4v) is 2.63. The second kappa shape index (κ2) is 6.66. The third kappa shape index (κ3) is 3.68. The van der Waals surface area contributed by atoms with Crippen molar-refractivity contribution in [2.45, 2.75) is 44.4 Å². The molecule has 0 aliphatic heterocycles. The molecule has 0 unspecified atom stereocenters. The zero-order valence-electron chi connectivity index (χ0n) is 11.9.